The lowest BCUT2D eigenvalue weighted by Crippen LogP contribution is -2.28. The largest absolute Gasteiger partial charge is 0.545 e. The van der Waals surface area contributed by atoms with E-state index in [1.165, 1.54) is 30.2 Å². The molecule has 1 fully saturated rings. The molecule has 6 nitrogen and oxygen atoms in total. The number of thiocarbonyl (C=S) groups is 1. The Kier molecular flexibility index (Phi) is 7.81. The van der Waals surface area contributed by atoms with E-state index in [9.17, 15) is 14.7 Å². The maximum Gasteiger partial charge on any atom is 0.270 e. The number of carboxylic acids is 1. The van der Waals surface area contributed by atoms with E-state index in [1.54, 1.807) is 30.3 Å². The number of halogens is 2. The first-order valence-corrected chi connectivity index (χ1v) is 12.5. The summed E-state index contributed by atoms with van der Waals surface area (Å²) in [5, 5.41) is 11.8. The molecular formula is C25H16BrClNO5S2-. The molecular weight excluding hydrogens is 574 g/mol. The third-order valence-corrected chi connectivity index (χ3v) is 7.27. The molecule has 178 valence electrons. The SMILES string of the molecule is COc1cc(C=C2SC(=S)N(c3cccc(C(=O)[O-])c3)C2=O)cc(Br)c1OCc1ccccc1Cl. The lowest BCUT2D eigenvalue weighted by atomic mass is 10.1. The molecule has 0 atom stereocenters. The number of thioether (sulfide) groups is 1. The van der Waals surface area contributed by atoms with Gasteiger partial charge in [0.25, 0.3) is 5.91 Å². The smallest absolute Gasteiger partial charge is 0.270 e. The van der Waals surface area contributed by atoms with Crippen LogP contribution >= 0.6 is 51.5 Å². The van der Waals surface area contributed by atoms with Gasteiger partial charge >= 0.3 is 0 Å². The molecule has 0 N–H and O–H groups in total. The van der Waals surface area contributed by atoms with Gasteiger partial charge in [-0.2, -0.15) is 0 Å². The van der Waals surface area contributed by atoms with Crippen molar-refractivity contribution in [2.75, 3.05) is 12.0 Å². The van der Waals surface area contributed by atoms with Crippen LogP contribution in [-0.4, -0.2) is 23.3 Å². The monoisotopic (exact) mass is 588 g/mol. The first-order valence-electron chi connectivity index (χ1n) is 10.1. The fraction of sp³-hybridized carbons (Fsp3) is 0.0800. The summed E-state index contributed by atoms with van der Waals surface area (Å²) >= 11 is 16.2. The molecule has 0 bridgehead atoms. The Hall–Kier alpha value is -2.85. The number of amides is 1. The molecule has 3 aromatic carbocycles. The molecule has 1 aliphatic rings. The van der Waals surface area contributed by atoms with E-state index < -0.39 is 5.97 Å². The minimum Gasteiger partial charge on any atom is -0.545 e. The first-order chi connectivity index (χ1) is 16.8. The van der Waals surface area contributed by atoms with E-state index in [-0.39, 0.29) is 18.1 Å². The third-order valence-electron chi connectivity index (χ3n) is 5.01. The van der Waals surface area contributed by atoms with Crippen molar-refractivity contribution in [2.24, 2.45) is 0 Å². The fourth-order valence-corrected chi connectivity index (χ4v) is 5.41. The van der Waals surface area contributed by atoms with E-state index in [0.29, 0.717) is 41.5 Å². The van der Waals surface area contributed by atoms with E-state index >= 15 is 0 Å². The second kappa shape index (κ2) is 10.8. The summed E-state index contributed by atoms with van der Waals surface area (Å²) in [6.45, 7) is 0.248. The molecule has 0 radical (unpaired) electrons. The predicted molar refractivity (Wildman–Crippen MR) is 143 cm³/mol. The maximum absolute atomic E-state index is 13.1. The highest BCUT2D eigenvalue weighted by molar-refractivity contribution is 9.10. The maximum atomic E-state index is 13.1. The molecule has 1 saturated heterocycles. The van der Waals surface area contributed by atoms with E-state index in [2.05, 4.69) is 15.9 Å². The second-order valence-electron chi connectivity index (χ2n) is 7.27. The average molecular weight is 590 g/mol. The number of hydrogen-bond acceptors (Lipinski definition) is 7. The normalized spacial score (nSPS) is 14.5. The molecule has 1 heterocycles. The van der Waals surface area contributed by atoms with Crippen molar-refractivity contribution < 1.29 is 24.2 Å². The molecule has 0 aliphatic carbocycles. The summed E-state index contributed by atoms with van der Waals surface area (Å²) in [5.41, 5.74) is 1.84. The van der Waals surface area contributed by atoms with Crippen molar-refractivity contribution in [3.05, 3.63) is 91.8 Å². The summed E-state index contributed by atoms with van der Waals surface area (Å²) in [6, 6.07) is 16.8. The van der Waals surface area contributed by atoms with Crippen LogP contribution in [-0.2, 0) is 11.4 Å². The summed E-state index contributed by atoms with van der Waals surface area (Å²) in [5.74, 6) is -0.725. The Morgan fingerprint density at radius 1 is 1.20 bits per heavy atom. The molecule has 4 rings (SSSR count). The van der Waals surface area contributed by atoms with Gasteiger partial charge in [0.15, 0.2) is 15.8 Å². The van der Waals surface area contributed by atoms with Crippen LogP contribution in [0.5, 0.6) is 11.5 Å². The Balaban J connectivity index is 1.59. The molecule has 1 aliphatic heterocycles. The van der Waals surface area contributed by atoms with Crippen molar-refractivity contribution in [1.29, 1.82) is 0 Å². The first kappa shape index (κ1) is 25.2. The highest BCUT2D eigenvalue weighted by atomic mass is 79.9. The minimum atomic E-state index is -1.33. The standard InChI is InChI=1S/C25H17BrClNO5S2/c1-32-20-10-14(9-18(26)22(20)33-13-16-5-2-3-8-19(16)27)11-21-23(29)28(25(34)35-21)17-7-4-6-15(12-17)24(30)31/h2-12H,13H2,1H3,(H,30,31)/p-1. The predicted octanol–water partition coefficient (Wildman–Crippen LogP) is 5.46. The van der Waals surface area contributed by atoms with E-state index in [1.807, 2.05) is 18.2 Å². The van der Waals surface area contributed by atoms with Crippen molar-refractivity contribution in [2.45, 2.75) is 6.61 Å². The minimum absolute atomic E-state index is 0.0402. The van der Waals surface area contributed by atoms with Gasteiger partial charge in [-0.25, -0.2) is 0 Å². The molecule has 0 unspecified atom stereocenters. The van der Waals surface area contributed by atoms with Crippen molar-refractivity contribution in [3.8, 4) is 11.5 Å². The van der Waals surface area contributed by atoms with Gasteiger partial charge in [-0.1, -0.05) is 65.9 Å². The summed E-state index contributed by atoms with van der Waals surface area (Å²) < 4.78 is 12.4. The number of carbonyl (C=O) groups excluding carboxylic acids is 2. The van der Waals surface area contributed by atoms with Crippen LogP contribution in [0.25, 0.3) is 6.08 Å². The van der Waals surface area contributed by atoms with Crippen molar-refractivity contribution >= 4 is 79.5 Å². The summed E-state index contributed by atoms with van der Waals surface area (Å²) in [4.78, 5) is 26.0. The quantitative estimate of drug-likeness (QED) is 0.268. The number of carbonyl (C=O) groups is 2. The van der Waals surface area contributed by atoms with Gasteiger partial charge in [-0.3, -0.25) is 9.69 Å². The van der Waals surface area contributed by atoms with Crippen LogP contribution in [0.4, 0.5) is 5.69 Å². The summed E-state index contributed by atoms with van der Waals surface area (Å²) in [6.07, 6.45) is 1.69. The van der Waals surface area contributed by atoms with Gasteiger partial charge in [-0.15, -0.1) is 0 Å². The Morgan fingerprint density at radius 2 is 1.97 bits per heavy atom. The van der Waals surface area contributed by atoms with Gasteiger partial charge in [0.05, 0.1) is 28.1 Å². The molecule has 0 saturated carbocycles. The van der Waals surface area contributed by atoms with Crippen LogP contribution in [0.2, 0.25) is 5.02 Å². The Morgan fingerprint density at radius 3 is 2.69 bits per heavy atom. The number of hydrogen-bond donors (Lipinski definition) is 0. The fourth-order valence-electron chi connectivity index (χ4n) is 3.34. The number of rotatable bonds is 7. The lowest BCUT2D eigenvalue weighted by Gasteiger charge is -2.16. The van der Waals surface area contributed by atoms with Crippen LogP contribution in [0.15, 0.2) is 70.0 Å². The van der Waals surface area contributed by atoms with Crippen molar-refractivity contribution in [3.63, 3.8) is 0 Å². The van der Waals surface area contributed by atoms with Gasteiger partial charge < -0.3 is 19.4 Å². The number of carboxylic acid groups (broad SMARTS) is 1. The molecule has 0 spiro atoms. The third kappa shape index (κ3) is 5.54. The van der Waals surface area contributed by atoms with Crippen molar-refractivity contribution in [1.82, 2.24) is 0 Å². The zero-order valence-electron chi connectivity index (χ0n) is 18.1. The summed E-state index contributed by atoms with van der Waals surface area (Å²) in [7, 11) is 1.53. The van der Waals surface area contributed by atoms with Gasteiger partial charge in [-0.05, 0) is 63.5 Å². The highest BCUT2D eigenvalue weighted by Gasteiger charge is 2.33. The lowest BCUT2D eigenvalue weighted by molar-refractivity contribution is -0.255. The van der Waals surface area contributed by atoms with Crippen LogP contribution in [0.1, 0.15) is 21.5 Å². The molecule has 1 amide bonds. The van der Waals surface area contributed by atoms with Crippen LogP contribution < -0.4 is 19.5 Å². The number of benzene rings is 3. The highest BCUT2D eigenvalue weighted by Crippen LogP contribution is 2.40. The second-order valence-corrected chi connectivity index (χ2v) is 10.2. The topological polar surface area (TPSA) is 78.9 Å². The number of ether oxygens (including phenoxy) is 2. The zero-order valence-corrected chi connectivity index (χ0v) is 22.1. The van der Waals surface area contributed by atoms with Crippen LogP contribution in [0, 0.1) is 0 Å². The van der Waals surface area contributed by atoms with Gasteiger partial charge in [0.2, 0.25) is 0 Å². The Bertz CT molecular complexity index is 1380. The molecule has 35 heavy (non-hydrogen) atoms. The number of methoxy groups -OCH3 is 1. The Labute approximate surface area is 224 Å². The van der Waals surface area contributed by atoms with Gasteiger partial charge in [0.1, 0.15) is 6.61 Å². The van der Waals surface area contributed by atoms with E-state index in [4.69, 9.17) is 33.3 Å². The average Bonchev–Trinajstić information content (AvgIpc) is 3.11. The van der Waals surface area contributed by atoms with E-state index in [0.717, 1.165) is 17.3 Å². The number of anilines is 1. The molecule has 10 heteroatoms. The van der Waals surface area contributed by atoms with Gasteiger partial charge in [0, 0.05) is 10.6 Å². The number of nitrogens with zero attached hydrogens (tertiary/aromatic N) is 1. The zero-order chi connectivity index (χ0) is 25.1. The molecule has 0 aromatic heterocycles. The number of aromatic carboxylic acids is 1. The van der Waals surface area contributed by atoms with Crippen LogP contribution in [0.3, 0.4) is 0 Å². The molecule has 3 aromatic rings.